The molecule has 0 aliphatic heterocycles. The average molecular weight is 393 g/mol. The van der Waals surface area contributed by atoms with Gasteiger partial charge in [0.15, 0.2) is 0 Å². The van der Waals surface area contributed by atoms with Crippen LogP contribution in [0.25, 0.3) is 0 Å². The number of carbonyl (C=O) groups excluding carboxylic acids is 3. The number of ether oxygens (including phenoxy) is 1. The van der Waals surface area contributed by atoms with Gasteiger partial charge in [-0.1, -0.05) is 39.3 Å². The molecule has 0 aliphatic carbocycles. The first kappa shape index (κ1) is 23.4. The summed E-state index contributed by atoms with van der Waals surface area (Å²) < 4.78 is 5.10. The summed E-state index contributed by atoms with van der Waals surface area (Å²) in [5.74, 6) is -0.542. The maximum atomic E-state index is 12.3. The standard InChI is InChI=1S/C20H31N3O5/c1-13(2)6-7-14(3)19(25)23(27)20(26)22-17(18(24)21-4)12-15-8-10-16(28-5)11-9-15/h8-11,13-14,17,27H,6-7,12H2,1-5H3,(H,21,24)(H,22,26)/t14-,17-/m0/s1. The maximum Gasteiger partial charge on any atom is 0.349 e. The molecule has 1 rings (SSSR count). The van der Waals surface area contributed by atoms with E-state index in [2.05, 4.69) is 10.6 Å². The number of nitrogens with one attached hydrogen (secondary N) is 2. The second-order valence-corrected chi connectivity index (χ2v) is 7.19. The quantitative estimate of drug-likeness (QED) is 0.441. The van der Waals surface area contributed by atoms with Crippen molar-refractivity contribution in [2.45, 2.75) is 46.1 Å². The minimum absolute atomic E-state index is 0.0644. The molecule has 0 bridgehead atoms. The first-order chi connectivity index (χ1) is 13.2. The van der Waals surface area contributed by atoms with Gasteiger partial charge in [-0.3, -0.25) is 14.8 Å². The highest BCUT2D eigenvalue weighted by atomic mass is 16.5. The lowest BCUT2D eigenvalue weighted by molar-refractivity contribution is -0.157. The van der Waals surface area contributed by atoms with Gasteiger partial charge in [0.25, 0.3) is 5.91 Å². The van der Waals surface area contributed by atoms with Crippen LogP contribution >= 0.6 is 0 Å². The molecule has 0 fully saturated rings. The molecule has 28 heavy (non-hydrogen) atoms. The summed E-state index contributed by atoms with van der Waals surface area (Å²) in [4.78, 5) is 36.7. The van der Waals surface area contributed by atoms with Gasteiger partial charge in [0.05, 0.1) is 7.11 Å². The van der Waals surface area contributed by atoms with Crippen LogP contribution < -0.4 is 15.4 Å². The summed E-state index contributed by atoms with van der Waals surface area (Å²) in [6, 6.07) is 5.07. The highest BCUT2D eigenvalue weighted by Gasteiger charge is 2.28. The van der Waals surface area contributed by atoms with E-state index in [1.807, 2.05) is 13.8 Å². The molecule has 0 aromatic heterocycles. The Kier molecular flexibility index (Phi) is 9.44. The van der Waals surface area contributed by atoms with Crippen LogP contribution in [0.4, 0.5) is 4.79 Å². The van der Waals surface area contributed by atoms with E-state index in [0.717, 1.165) is 12.0 Å². The van der Waals surface area contributed by atoms with Gasteiger partial charge in [-0.05, 0) is 30.0 Å². The smallest absolute Gasteiger partial charge is 0.349 e. The van der Waals surface area contributed by atoms with E-state index in [1.165, 1.54) is 7.05 Å². The number of methoxy groups -OCH3 is 1. The zero-order chi connectivity index (χ0) is 21.3. The van der Waals surface area contributed by atoms with E-state index in [9.17, 15) is 19.6 Å². The lowest BCUT2D eigenvalue weighted by atomic mass is 9.99. The van der Waals surface area contributed by atoms with Crippen molar-refractivity contribution in [3.63, 3.8) is 0 Å². The fraction of sp³-hybridized carbons (Fsp3) is 0.550. The number of benzene rings is 1. The number of amides is 4. The Morgan fingerprint density at radius 1 is 1.11 bits per heavy atom. The zero-order valence-corrected chi connectivity index (χ0v) is 17.2. The van der Waals surface area contributed by atoms with Gasteiger partial charge in [0.1, 0.15) is 11.8 Å². The normalized spacial score (nSPS) is 12.8. The van der Waals surface area contributed by atoms with E-state index >= 15 is 0 Å². The highest BCUT2D eigenvalue weighted by Crippen LogP contribution is 2.15. The fourth-order valence-corrected chi connectivity index (χ4v) is 2.61. The van der Waals surface area contributed by atoms with Crippen molar-refractivity contribution in [1.82, 2.24) is 15.7 Å². The Hall–Kier alpha value is -2.61. The van der Waals surface area contributed by atoms with Crippen molar-refractivity contribution < 1.29 is 24.3 Å². The summed E-state index contributed by atoms with van der Waals surface area (Å²) in [6.45, 7) is 5.73. The van der Waals surface area contributed by atoms with Crippen LogP contribution in [-0.4, -0.2) is 48.3 Å². The lowest BCUT2D eigenvalue weighted by Crippen LogP contribution is -2.52. The maximum absolute atomic E-state index is 12.3. The summed E-state index contributed by atoms with van der Waals surface area (Å²) in [5.41, 5.74) is 0.788. The molecule has 8 heteroatoms. The van der Waals surface area contributed by atoms with Gasteiger partial charge in [0, 0.05) is 19.4 Å². The molecule has 0 unspecified atom stereocenters. The third-order valence-electron chi connectivity index (χ3n) is 4.46. The SMILES string of the molecule is CNC(=O)[C@H](Cc1ccc(OC)cc1)NC(=O)N(O)C(=O)[C@@H](C)CCC(C)C. The molecule has 1 aromatic rings. The van der Waals surface area contributed by atoms with E-state index in [0.29, 0.717) is 18.1 Å². The molecule has 1 aromatic carbocycles. The highest BCUT2D eigenvalue weighted by molar-refractivity contribution is 5.96. The second-order valence-electron chi connectivity index (χ2n) is 7.19. The molecule has 3 N–H and O–H groups in total. The monoisotopic (exact) mass is 393 g/mol. The van der Waals surface area contributed by atoms with Gasteiger partial charge in [-0.15, -0.1) is 5.06 Å². The Balaban J connectivity index is 2.77. The Labute approximate surface area is 166 Å². The van der Waals surface area contributed by atoms with E-state index in [1.54, 1.807) is 38.3 Å². The number of hydrogen-bond acceptors (Lipinski definition) is 5. The summed E-state index contributed by atoms with van der Waals surface area (Å²) in [6.07, 6.45) is 1.56. The molecule has 0 spiro atoms. The minimum Gasteiger partial charge on any atom is -0.497 e. The molecule has 0 saturated carbocycles. The molecule has 2 atom stereocenters. The number of carbonyl (C=O) groups is 3. The van der Waals surface area contributed by atoms with Gasteiger partial charge in [0.2, 0.25) is 5.91 Å². The van der Waals surface area contributed by atoms with Gasteiger partial charge < -0.3 is 15.4 Å². The number of hydrogen-bond donors (Lipinski definition) is 3. The van der Waals surface area contributed by atoms with Crippen LogP contribution in [0, 0.1) is 11.8 Å². The Bertz CT molecular complexity index is 660. The molecular formula is C20H31N3O5. The molecule has 0 heterocycles. The molecule has 0 radical (unpaired) electrons. The van der Waals surface area contributed by atoms with Gasteiger partial charge in [-0.2, -0.15) is 0 Å². The van der Waals surface area contributed by atoms with Crippen LogP contribution in [0.15, 0.2) is 24.3 Å². The van der Waals surface area contributed by atoms with Crippen molar-refractivity contribution in [1.29, 1.82) is 0 Å². The molecule has 156 valence electrons. The number of imide groups is 1. The first-order valence-corrected chi connectivity index (χ1v) is 9.37. The first-order valence-electron chi connectivity index (χ1n) is 9.37. The summed E-state index contributed by atoms with van der Waals surface area (Å²) in [5, 5.41) is 14.9. The van der Waals surface area contributed by atoms with Crippen LogP contribution in [0.1, 0.15) is 39.2 Å². The summed E-state index contributed by atoms with van der Waals surface area (Å²) in [7, 11) is 3.00. The molecular weight excluding hydrogens is 362 g/mol. The Morgan fingerprint density at radius 2 is 1.71 bits per heavy atom. The third-order valence-corrected chi connectivity index (χ3v) is 4.46. The number of urea groups is 1. The predicted octanol–water partition coefficient (Wildman–Crippen LogP) is 2.35. The second kappa shape index (κ2) is 11.3. The molecule has 0 aliphatic rings. The van der Waals surface area contributed by atoms with Crippen molar-refractivity contribution >= 4 is 17.8 Å². The van der Waals surface area contributed by atoms with Crippen molar-refractivity contribution in [2.24, 2.45) is 11.8 Å². The third kappa shape index (κ3) is 7.19. The largest absolute Gasteiger partial charge is 0.497 e. The molecule has 8 nitrogen and oxygen atoms in total. The van der Waals surface area contributed by atoms with Gasteiger partial charge in [-0.25, -0.2) is 4.79 Å². The average Bonchev–Trinajstić information content (AvgIpc) is 2.69. The number of rotatable bonds is 9. The van der Waals surface area contributed by atoms with E-state index in [4.69, 9.17) is 4.74 Å². The van der Waals surface area contributed by atoms with Crippen LogP contribution in [0.2, 0.25) is 0 Å². The van der Waals surface area contributed by atoms with Crippen LogP contribution in [0.5, 0.6) is 5.75 Å². The van der Waals surface area contributed by atoms with E-state index < -0.39 is 29.8 Å². The number of nitrogens with zero attached hydrogens (tertiary/aromatic N) is 1. The fourth-order valence-electron chi connectivity index (χ4n) is 2.61. The van der Waals surface area contributed by atoms with Crippen LogP contribution in [0.3, 0.4) is 0 Å². The Morgan fingerprint density at radius 3 is 2.21 bits per heavy atom. The number of hydroxylamine groups is 2. The number of likely N-dealkylation sites (N-methyl/N-ethyl adjacent to an activating group) is 1. The van der Waals surface area contributed by atoms with Gasteiger partial charge >= 0.3 is 6.03 Å². The predicted molar refractivity (Wildman–Crippen MR) is 105 cm³/mol. The van der Waals surface area contributed by atoms with E-state index in [-0.39, 0.29) is 11.5 Å². The minimum atomic E-state index is -1.02. The van der Waals surface area contributed by atoms with Crippen LogP contribution in [-0.2, 0) is 16.0 Å². The van der Waals surface area contributed by atoms with Crippen molar-refractivity contribution in [2.75, 3.05) is 14.2 Å². The topological polar surface area (TPSA) is 108 Å². The molecule has 4 amide bonds. The lowest BCUT2D eigenvalue weighted by Gasteiger charge is -2.22. The summed E-state index contributed by atoms with van der Waals surface area (Å²) >= 11 is 0. The zero-order valence-electron chi connectivity index (χ0n) is 17.2. The van der Waals surface area contributed by atoms with Crippen molar-refractivity contribution in [3.8, 4) is 5.75 Å². The van der Waals surface area contributed by atoms with Crippen molar-refractivity contribution in [3.05, 3.63) is 29.8 Å². The molecule has 0 saturated heterocycles.